The predicted octanol–water partition coefficient (Wildman–Crippen LogP) is 4.30. The van der Waals surface area contributed by atoms with Gasteiger partial charge in [0, 0.05) is 37.0 Å². The summed E-state index contributed by atoms with van der Waals surface area (Å²) in [6, 6.07) is 17.7. The van der Waals surface area contributed by atoms with Crippen LogP contribution in [0.4, 0.5) is 11.4 Å². The van der Waals surface area contributed by atoms with Crippen LogP contribution in [0.25, 0.3) is 11.3 Å². The first-order valence-electron chi connectivity index (χ1n) is 12.0. The summed E-state index contributed by atoms with van der Waals surface area (Å²) < 4.78 is 10.5. The van der Waals surface area contributed by atoms with E-state index in [0.29, 0.717) is 46.2 Å². The van der Waals surface area contributed by atoms with Crippen molar-refractivity contribution in [1.82, 2.24) is 15.1 Å². The lowest BCUT2D eigenvalue weighted by molar-refractivity contribution is 0.102. The molecular weight excluding hydrogens is 468 g/mol. The molecule has 0 aliphatic carbocycles. The standard InChI is InChI=1S/C28H26N6O3/c1-18-27(19(2)37-33-18)28(35)32-24-8-5-21(16-22(24)17-29)25-9-10-30-26(31-25)15-20-3-6-23(7-4-20)34-11-13-36-14-12-34/h3-10,16H,11-15H2,1-2H3,(H,32,35). The molecule has 0 atom stereocenters. The minimum atomic E-state index is -0.371. The van der Waals surface area contributed by atoms with Crippen molar-refractivity contribution >= 4 is 17.3 Å². The smallest absolute Gasteiger partial charge is 0.261 e. The molecule has 9 nitrogen and oxygen atoms in total. The quantitative estimate of drug-likeness (QED) is 0.422. The van der Waals surface area contributed by atoms with Gasteiger partial charge in [-0.1, -0.05) is 23.4 Å². The van der Waals surface area contributed by atoms with Crippen LogP contribution in [0, 0.1) is 25.2 Å². The Labute approximate surface area is 214 Å². The van der Waals surface area contributed by atoms with Crippen LogP contribution in [0.3, 0.4) is 0 Å². The number of benzene rings is 2. The average molecular weight is 495 g/mol. The molecule has 0 bridgehead atoms. The van der Waals surface area contributed by atoms with Gasteiger partial charge in [0.05, 0.1) is 35.9 Å². The van der Waals surface area contributed by atoms with Crippen LogP contribution >= 0.6 is 0 Å². The number of aromatic nitrogens is 3. The highest BCUT2D eigenvalue weighted by Crippen LogP contribution is 2.25. The highest BCUT2D eigenvalue weighted by molar-refractivity contribution is 6.06. The van der Waals surface area contributed by atoms with E-state index in [1.54, 1.807) is 32.2 Å². The van der Waals surface area contributed by atoms with Gasteiger partial charge in [-0.05, 0) is 49.7 Å². The maximum atomic E-state index is 12.7. The molecule has 1 aliphatic rings. The summed E-state index contributed by atoms with van der Waals surface area (Å²) in [5.41, 5.74) is 5.37. The van der Waals surface area contributed by atoms with Crippen LogP contribution in [0.5, 0.6) is 0 Å². The number of carbonyl (C=O) groups is 1. The Hall–Kier alpha value is -4.55. The second-order valence-corrected chi connectivity index (χ2v) is 8.83. The first-order valence-corrected chi connectivity index (χ1v) is 12.0. The van der Waals surface area contributed by atoms with E-state index in [1.165, 1.54) is 5.69 Å². The van der Waals surface area contributed by atoms with Gasteiger partial charge in [-0.3, -0.25) is 4.79 Å². The minimum absolute atomic E-state index is 0.330. The molecule has 1 fully saturated rings. The van der Waals surface area contributed by atoms with Crippen molar-refractivity contribution in [3.8, 4) is 17.3 Å². The fraction of sp³-hybridized carbons (Fsp3) is 0.250. The first kappa shape index (κ1) is 24.2. The SMILES string of the molecule is Cc1noc(C)c1C(=O)Nc1ccc(-c2ccnc(Cc3ccc(N4CCOCC4)cc3)n2)cc1C#N. The molecule has 4 aromatic rings. The summed E-state index contributed by atoms with van der Waals surface area (Å²) in [5.74, 6) is 0.741. The average Bonchev–Trinajstić information content (AvgIpc) is 3.27. The summed E-state index contributed by atoms with van der Waals surface area (Å²) in [5, 5.41) is 16.3. The molecule has 2 aromatic heterocycles. The van der Waals surface area contributed by atoms with E-state index in [4.69, 9.17) is 14.2 Å². The lowest BCUT2D eigenvalue weighted by atomic mass is 10.1. The normalized spacial score (nSPS) is 13.3. The Morgan fingerprint density at radius 2 is 1.89 bits per heavy atom. The Morgan fingerprint density at radius 3 is 2.59 bits per heavy atom. The van der Waals surface area contributed by atoms with E-state index in [1.807, 2.05) is 12.1 Å². The summed E-state index contributed by atoms with van der Waals surface area (Å²) >= 11 is 0. The number of hydrogen-bond donors (Lipinski definition) is 1. The Morgan fingerprint density at radius 1 is 1.11 bits per heavy atom. The van der Waals surface area contributed by atoms with Crippen LogP contribution in [-0.4, -0.2) is 47.3 Å². The highest BCUT2D eigenvalue weighted by Gasteiger charge is 2.19. The van der Waals surface area contributed by atoms with Crippen LogP contribution < -0.4 is 10.2 Å². The fourth-order valence-electron chi connectivity index (χ4n) is 4.37. The third-order valence-electron chi connectivity index (χ3n) is 6.32. The lowest BCUT2D eigenvalue weighted by Crippen LogP contribution is -2.36. The molecule has 2 aromatic carbocycles. The zero-order chi connectivity index (χ0) is 25.8. The van der Waals surface area contributed by atoms with E-state index >= 15 is 0 Å². The van der Waals surface area contributed by atoms with Crippen LogP contribution in [0.2, 0.25) is 0 Å². The number of ether oxygens (including phenoxy) is 1. The van der Waals surface area contributed by atoms with Crippen molar-refractivity contribution in [2.45, 2.75) is 20.3 Å². The van der Waals surface area contributed by atoms with Crippen molar-refractivity contribution in [3.05, 3.63) is 88.7 Å². The largest absolute Gasteiger partial charge is 0.378 e. The fourth-order valence-corrected chi connectivity index (χ4v) is 4.37. The van der Waals surface area contributed by atoms with Crippen molar-refractivity contribution in [1.29, 1.82) is 5.26 Å². The molecule has 1 aliphatic heterocycles. The van der Waals surface area contributed by atoms with Gasteiger partial charge in [-0.2, -0.15) is 5.26 Å². The van der Waals surface area contributed by atoms with Crippen LogP contribution in [0.1, 0.15) is 38.8 Å². The third-order valence-corrected chi connectivity index (χ3v) is 6.32. The second kappa shape index (κ2) is 10.6. The number of carbonyl (C=O) groups excluding carboxylic acids is 1. The van der Waals surface area contributed by atoms with Gasteiger partial charge >= 0.3 is 0 Å². The zero-order valence-electron chi connectivity index (χ0n) is 20.7. The van der Waals surface area contributed by atoms with Crippen molar-refractivity contribution in [2.24, 2.45) is 0 Å². The van der Waals surface area contributed by atoms with Crippen LogP contribution in [-0.2, 0) is 11.2 Å². The first-order chi connectivity index (χ1) is 18.0. The summed E-state index contributed by atoms with van der Waals surface area (Å²) in [4.78, 5) is 24.2. The number of aryl methyl sites for hydroxylation is 2. The summed E-state index contributed by atoms with van der Waals surface area (Å²) in [7, 11) is 0. The van der Waals surface area contributed by atoms with Crippen molar-refractivity contribution in [2.75, 3.05) is 36.5 Å². The number of anilines is 2. The van der Waals surface area contributed by atoms with Gasteiger partial charge in [0.2, 0.25) is 0 Å². The molecule has 1 saturated heterocycles. The molecule has 0 radical (unpaired) electrons. The van der Waals surface area contributed by atoms with Gasteiger partial charge in [-0.15, -0.1) is 0 Å². The highest BCUT2D eigenvalue weighted by atomic mass is 16.5. The Balaban J connectivity index is 1.32. The number of nitrogens with one attached hydrogen (secondary N) is 1. The van der Waals surface area contributed by atoms with Gasteiger partial charge in [0.1, 0.15) is 23.2 Å². The lowest BCUT2D eigenvalue weighted by Gasteiger charge is -2.28. The number of morpholine rings is 1. The monoisotopic (exact) mass is 494 g/mol. The van der Waals surface area contributed by atoms with Gasteiger partial charge in [-0.25, -0.2) is 9.97 Å². The van der Waals surface area contributed by atoms with E-state index in [0.717, 1.165) is 37.4 Å². The minimum Gasteiger partial charge on any atom is -0.378 e. The van der Waals surface area contributed by atoms with Crippen molar-refractivity contribution in [3.63, 3.8) is 0 Å². The molecule has 3 heterocycles. The molecular formula is C28H26N6O3. The maximum absolute atomic E-state index is 12.7. The van der Waals surface area contributed by atoms with E-state index in [9.17, 15) is 10.1 Å². The zero-order valence-corrected chi connectivity index (χ0v) is 20.7. The van der Waals surface area contributed by atoms with Crippen LogP contribution in [0.15, 0.2) is 59.3 Å². The number of nitrogens with zero attached hydrogens (tertiary/aromatic N) is 5. The molecule has 0 spiro atoms. The number of amides is 1. The van der Waals surface area contributed by atoms with Crippen molar-refractivity contribution < 1.29 is 14.1 Å². The van der Waals surface area contributed by atoms with E-state index in [2.05, 4.69) is 50.7 Å². The van der Waals surface area contributed by atoms with Gasteiger partial charge in [0.15, 0.2) is 0 Å². The van der Waals surface area contributed by atoms with E-state index in [-0.39, 0.29) is 5.91 Å². The maximum Gasteiger partial charge on any atom is 0.261 e. The Bertz CT molecular complexity index is 1450. The second-order valence-electron chi connectivity index (χ2n) is 8.83. The number of rotatable bonds is 6. The molecule has 186 valence electrons. The molecule has 9 heteroatoms. The molecule has 1 N–H and O–H groups in total. The topological polar surface area (TPSA) is 117 Å². The summed E-state index contributed by atoms with van der Waals surface area (Å²) in [6.07, 6.45) is 2.31. The van der Waals surface area contributed by atoms with Gasteiger partial charge in [0.25, 0.3) is 5.91 Å². The third kappa shape index (κ3) is 5.34. The molecule has 1 amide bonds. The predicted molar refractivity (Wildman–Crippen MR) is 138 cm³/mol. The molecule has 5 rings (SSSR count). The number of nitriles is 1. The number of hydrogen-bond acceptors (Lipinski definition) is 8. The molecule has 37 heavy (non-hydrogen) atoms. The summed E-state index contributed by atoms with van der Waals surface area (Å²) in [6.45, 7) is 6.68. The van der Waals surface area contributed by atoms with E-state index < -0.39 is 0 Å². The Kier molecular flexibility index (Phi) is 6.92. The van der Waals surface area contributed by atoms with Gasteiger partial charge < -0.3 is 19.5 Å². The molecule has 0 saturated carbocycles. The molecule has 0 unspecified atom stereocenters.